The average molecular weight is 298 g/mol. The Hall–Kier alpha value is -2.75. The Bertz CT molecular complexity index is 630. The second-order valence-corrected chi connectivity index (χ2v) is 4.59. The van der Waals surface area contributed by atoms with Crippen molar-refractivity contribution >= 4 is 12.0 Å². The van der Waals surface area contributed by atoms with Crippen molar-refractivity contribution in [3.63, 3.8) is 0 Å². The smallest absolute Gasteiger partial charge is 0.371 e. The van der Waals surface area contributed by atoms with Gasteiger partial charge in [-0.2, -0.15) is 0 Å². The van der Waals surface area contributed by atoms with Gasteiger partial charge in [0.25, 0.3) is 0 Å². The molecule has 0 spiro atoms. The minimum absolute atomic E-state index is 0.0690. The van der Waals surface area contributed by atoms with Gasteiger partial charge in [-0.1, -0.05) is 42.5 Å². The first kappa shape index (κ1) is 15.6. The van der Waals surface area contributed by atoms with Gasteiger partial charge in [0.15, 0.2) is 0 Å². The van der Waals surface area contributed by atoms with Gasteiger partial charge in [-0.05, 0) is 36.3 Å². The molecule has 0 atom stereocenters. The van der Waals surface area contributed by atoms with Crippen molar-refractivity contribution in [1.29, 1.82) is 0 Å². The molecule has 0 amide bonds. The Kier molecular flexibility index (Phi) is 5.60. The third kappa shape index (κ3) is 4.66. The van der Waals surface area contributed by atoms with E-state index in [4.69, 9.17) is 14.6 Å². The van der Waals surface area contributed by atoms with Crippen LogP contribution in [-0.4, -0.2) is 17.7 Å². The van der Waals surface area contributed by atoms with Crippen LogP contribution in [0.1, 0.15) is 18.1 Å². The molecule has 4 heteroatoms. The monoisotopic (exact) mass is 298 g/mol. The van der Waals surface area contributed by atoms with Gasteiger partial charge in [-0.3, -0.25) is 0 Å². The molecule has 2 aromatic rings. The van der Waals surface area contributed by atoms with Gasteiger partial charge in [-0.25, -0.2) is 4.79 Å². The minimum Gasteiger partial charge on any atom is -0.489 e. The van der Waals surface area contributed by atoms with Gasteiger partial charge in [0.1, 0.15) is 12.4 Å². The number of rotatable bonds is 7. The van der Waals surface area contributed by atoms with Crippen molar-refractivity contribution in [3.8, 4) is 5.75 Å². The lowest BCUT2D eigenvalue weighted by Gasteiger charge is -2.07. The van der Waals surface area contributed by atoms with Crippen molar-refractivity contribution in [3.05, 3.63) is 71.5 Å². The number of carbonyl (C=O) groups is 1. The van der Waals surface area contributed by atoms with E-state index in [0.29, 0.717) is 13.2 Å². The second kappa shape index (κ2) is 7.88. The standard InChI is InChI=1S/C18H18O4/c1-2-21-17(18(19)20)12-14-8-10-16(11-9-14)22-13-15-6-4-3-5-7-15/h3-12H,2,13H2,1H3,(H,19,20)/b17-12+. The van der Waals surface area contributed by atoms with Crippen LogP contribution in [0.5, 0.6) is 5.75 Å². The third-order valence-electron chi connectivity index (χ3n) is 2.94. The Balaban J connectivity index is 2.00. The largest absolute Gasteiger partial charge is 0.489 e. The van der Waals surface area contributed by atoms with E-state index in [-0.39, 0.29) is 5.76 Å². The van der Waals surface area contributed by atoms with Gasteiger partial charge < -0.3 is 14.6 Å². The zero-order valence-electron chi connectivity index (χ0n) is 12.4. The van der Waals surface area contributed by atoms with Crippen molar-refractivity contribution in [1.82, 2.24) is 0 Å². The molecule has 114 valence electrons. The number of hydrogen-bond acceptors (Lipinski definition) is 3. The topological polar surface area (TPSA) is 55.8 Å². The van der Waals surface area contributed by atoms with Crippen LogP contribution in [0.4, 0.5) is 0 Å². The molecule has 0 aliphatic carbocycles. The molecule has 0 fully saturated rings. The van der Waals surface area contributed by atoms with Crippen LogP contribution in [0, 0.1) is 0 Å². The zero-order valence-corrected chi connectivity index (χ0v) is 12.4. The molecule has 2 aromatic carbocycles. The maximum absolute atomic E-state index is 11.0. The number of ether oxygens (including phenoxy) is 2. The Labute approximate surface area is 129 Å². The summed E-state index contributed by atoms with van der Waals surface area (Å²) < 4.78 is 10.8. The summed E-state index contributed by atoms with van der Waals surface area (Å²) in [6.07, 6.45) is 1.49. The Morgan fingerprint density at radius 3 is 2.36 bits per heavy atom. The number of carboxylic acid groups (broad SMARTS) is 1. The fraction of sp³-hybridized carbons (Fsp3) is 0.167. The third-order valence-corrected chi connectivity index (χ3v) is 2.94. The van der Waals surface area contributed by atoms with Crippen LogP contribution in [0.25, 0.3) is 6.08 Å². The van der Waals surface area contributed by atoms with E-state index >= 15 is 0 Å². The molecular weight excluding hydrogens is 280 g/mol. The van der Waals surface area contributed by atoms with Crippen LogP contribution < -0.4 is 4.74 Å². The van der Waals surface area contributed by atoms with E-state index < -0.39 is 5.97 Å². The van der Waals surface area contributed by atoms with Crippen LogP contribution in [0.3, 0.4) is 0 Å². The fourth-order valence-corrected chi connectivity index (χ4v) is 1.87. The molecule has 0 heterocycles. The van der Waals surface area contributed by atoms with Gasteiger partial charge in [0.2, 0.25) is 5.76 Å². The maximum Gasteiger partial charge on any atom is 0.371 e. The number of aliphatic carboxylic acids is 1. The molecular formula is C18H18O4. The van der Waals surface area contributed by atoms with E-state index in [1.807, 2.05) is 30.3 Å². The molecule has 0 saturated carbocycles. The number of hydrogen-bond donors (Lipinski definition) is 1. The number of carboxylic acids is 1. The van der Waals surface area contributed by atoms with Gasteiger partial charge >= 0.3 is 5.97 Å². The highest BCUT2D eigenvalue weighted by Crippen LogP contribution is 2.16. The summed E-state index contributed by atoms with van der Waals surface area (Å²) in [6.45, 7) is 2.56. The molecule has 0 aromatic heterocycles. The summed E-state index contributed by atoms with van der Waals surface area (Å²) in [4.78, 5) is 11.0. The first-order valence-electron chi connectivity index (χ1n) is 7.03. The summed E-state index contributed by atoms with van der Waals surface area (Å²) in [5.74, 6) is -0.416. The lowest BCUT2D eigenvalue weighted by Crippen LogP contribution is -2.04. The van der Waals surface area contributed by atoms with Crippen LogP contribution in [0.15, 0.2) is 60.4 Å². The summed E-state index contributed by atoms with van der Waals surface area (Å²) in [7, 11) is 0. The van der Waals surface area contributed by atoms with Gasteiger partial charge in [0, 0.05) is 0 Å². The molecule has 0 aliphatic rings. The molecule has 0 bridgehead atoms. The summed E-state index contributed by atoms with van der Waals surface area (Å²) >= 11 is 0. The lowest BCUT2D eigenvalue weighted by molar-refractivity contribution is -0.136. The molecule has 0 unspecified atom stereocenters. The molecule has 1 N–H and O–H groups in total. The highest BCUT2D eigenvalue weighted by atomic mass is 16.5. The summed E-state index contributed by atoms with van der Waals surface area (Å²) in [6, 6.07) is 17.1. The Morgan fingerprint density at radius 2 is 1.77 bits per heavy atom. The molecule has 0 saturated heterocycles. The number of benzene rings is 2. The van der Waals surface area contributed by atoms with Gasteiger partial charge in [0.05, 0.1) is 6.61 Å². The summed E-state index contributed by atoms with van der Waals surface area (Å²) in [5.41, 5.74) is 1.84. The van der Waals surface area contributed by atoms with Crippen LogP contribution >= 0.6 is 0 Å². The predicted molar refractivity (Wildman–Crippen MR) is 84.5 cm³/mol. The van der Waals surface area contributed by atoms with Crippen molar-refractivity contribution < 1.29 is 19.4 Å². The second-order valence-electron chi connectivity index (χ2n) is 4.59. The zero-order chi connectivity index (χ0) is 15.8. The van der Waals surface area contributed by atoms with Crippen molar-refractivity contribution in [2.24, 2.45) is 0 Å². The van der Waals surface area contributed by atoms with Crippen LogP contribution in [0.2, 0.25) is 0 Å². The van der Waals surface area contributed by atoms with E-state index in [2.05, 4.69) is 0 Å². The first-order valence-corrected chi connectivity index (χ1v) is 7.03. The van der Waals surface area contributed by atoms with Crippen molar-refractivity contribution in [2.45, 2.75) is 13.5 Å². The Morgan fingerprint density at radius 1 is 1.09 bits per heavy atom. The predicted octanol–water partition coefficient (Wildman–Crippen LogP) is 3.73. The lowest BCUT2D eigenvalue weighted by atomic mass is 10.2. The normalized spacial score (nSPS) is 11.0. The average Bonchev–Trinajstić information content (AvgIpc) is 2.54. The van der Waals surface area contributed by atoms with Crippen molar-refractivity contribution in [2.75, 3.05) is 6.61 Å². The molecule has 4 nitrogen and oxygen atoms in total. The first-order chi connectivity index (χ1) is 10.7. The van der Waals surface area contributed by atoms with E-state index in [0.717, 1.165) is 16.9 Å². The quantitative estimate of drug-likeness (QED) is 0.625. The van der Waals surface area contributed by atoms with Crippen LogP contribution in [-0.2, 0) is 16.1 Å². The SMILES string of the molecule is CCO/C(=C/c1ccc(OCc2ccccc2)cc1)C(=O)O. The molecule has 0 aliphatic heterocycles. The van der Waals surface area contributed by atoms with E-state index in [9.17, 15) is 4.79 Å². The summed E-state index contributed by atoms with van der Waals surface area (Å²) in [5, 5.41) is 9.01. The molecule has 0 radical (unpaired) electrons. The van der Waals surface area contributed by atoms with E-state index in [1.54, 1.807) is 31.2 Å². The molecule has 2 rings (SSSR count). The fourth-order valence-electron chi connectivity index (χ4n) is 1.87. The molecule has 22 heavy (non-hydrogen) atoms. The van der Waals surface area contributed by atoms with Gasteiger partial charge in [-0.15, -0.1) is 0 Å². The minimum atomic E-state index is -1.08. The highest BCUT2D eigenvalue weighted by molar-refractivity contribution is 5.89. The van der Waals surface area contributed by atoms with E-state index in [1.165, 1.54) is 6.08 Å². The highest BCUT2D eigenvalue weighted by Gasteiger charge is 2.07. The maximum atomic E-state index is 11.0.